The molecule has 0 spiro atoms. The zero-order valence-electron chi connectivity index (χ0n) is 15.8. The van der Waals surface area contributed by atoms with Crippen LogP contribution in [0.15, 0.2) is 11.1 Å². The van der Waals surface area contributed by atoms with E-state index in [9.17, 15) is 0 Å². The molecule has 0 bridgehead atoms. The Labute approximate surface area is 146 Å². The minimum atomic E-state index is 0.611. The third kappa shape index (κ3) is 5.51. The molecule has 1 atom stereocenters. The number of guanidine groups is 1. The van der Waals surface area contributed by atoms with Gasteiger partial charge in [0.2, 0.25) is 0 Å². The maximum atomic E-state index is 4.79. The summed E-state index contributed by atoms with van der Waals surface area (Å²) >= 11 is 0. The first-order valence-corrected chi connectivity index (χ1v) is 9.41. The lowest BCUT2D eigenvalue weighted by Crippen LogP contribution is -2.39. The fourth-order valence-electron chi connectivity index (χ4n) is 3.39. The standard InChI is InChI=1S/C18H34N6/c1-5-19-18(21-14-17-9-7-11-23(17)6-2)20-10-8-12-24-16(4)13-15(3)22-24/h13,17H,5-12,14H2,1-4H3,(H2,19,20,21). The van der Waals surface area contributed by atoms with E-state index in [1.807, 2.05) is 6.92 Å². The lowest BCUT2D eigenvalue weighted by Gasteiger charge is -2.21. The van der Waals surface area contributed by atoms with Crippen LogP contribution >= 0.6 is 0 Å². The van der Waals surface area contributed by atoms with Crippen molar-refractivity contribution in [2.24, 2.45) is 4.99 Å². The summed E-state index contributed by atoms with van der Waals surface area (Å²) < 4.78 is 2.08. The lowest BCUT2D eigenvalue weighted by atomic mass is 10.2. The van der Waals surface area contributed by atoms with Gasteiger partial charge in [0.15, 0.2) is 5.96 Å². The molecule has 2 heterocycles. The Balaban J connectivity index is 1.76. The minimum Gasteiger partial charge on any atom is -0.357 e. The number of hydrogen-bond donors (Lipinski definition) is 2. The molecule has 1 aromatic rings. The van der Waals surface area contributed by atoms with Crippen molar-refractivity contribution in [2.75, 3.05) is 32.7 Å². The van der Waals surface area contributed by atoms with E-state index < -0.39 is 0 Å². The van der Waals surface area contributed by atoms with Gasteiger partial charge in [0.1, 0.15) is 0 Å². The zero-order valence-corrected chi connectivity index (χ0v) is 15.8. The van der Waals surface area contributed by atoms with Crippen molar-refractivity contribution in [1.29, 1.82) is 0 Å². The number of aliphatic imine (C=N–C) groups is 1. The predicted octanol–water partition coefficient (Wildman–Crippen LogP) is 1.93. The van der Waals surface area contributed by atoms with Crippen LogP contribution in [0.1, 0.15) is 44.5 Å². The third-order valence-corrected chi connectivity index (χ3v) is 4.65. The molecule has 24 heavy (non-hydrogen) atoms. The van der Waals surface area contributed by atoms with Gasteiger partial charge < -0.3 is 10.6 Å². The van der Waals surface area contributed by atoms with Gasteiger partial charge in [-0.1, -0.05) is 6.92 Å². The van der Waals surface area contributed by atoms with Crippen LogP contribution in [0.5, 0.6) is 0 Å². The monoisotopic (exact) mass is 334 g/mol. The van der Waals surface area contributed by atoms with Crippen molar-refractivity contribution in [3.8, 4) is 0 Å². The van der Waals surface area contributed by atoms with Gasteiger partial charge in [-0.2, -0.15) is 5.10 Å². The first-order chi connectivity index (χ1) is 11.6. The molecular weight excluding hydrogens is 300 g/mol. The molecule has 2 N–H and O–H groups in total. The lowest BCUT2D eigenvalue weighted by molar-refractivity contribution is 0.273. The first kappa shape index (κ1) is 18.8. The van der Waals surface area contributed by atoms with Gasteiger partial charge >= 0.3 is 0 Å². The Morgan fingerprint density at radius 1 is 1.33 bits per heavy atom. The van der Waals surface area contributed by atoms with Gasteiger partial charge in [0, 0.05) is 31.4 Å². The van der Waals surface area contributed by atoms with Crippen LogP contribution in [-0.2, 0) is 6.54 Å². The van der Waals surface area contributed by atoms with Crippen molar-refractivity contribution < 1.29 is 0 Å². The molecule has 6 nitrogen and oxygen atoms in total. The molecule has 6 heteroatoms. The molecule has 136 valence electrons. The molecule has 1 aromatic heterocycles. The van der Waals surface area contributed by atoms with E-state index in [0.29, 0.717) is 6.04 Å². The second-order valence-corrected chi connectivity index (χ2v) is 6.57. The number of rotatable bonds is 8. The second-order valence-electron chi connectivity index (χ2n) is 6.57. The SMILES string of the molecule is CCNC(=NCC1CCCN1CC)NCCCn1nc(C)cc1C. The van der Waals surface area contributed by atoms with Crippen molar-refractivity contribution >= 4 is 5.96 Å². The quantitative estimate of drug-likeness (QED) is 0.433. The molecule has 0 radical (unpaired) electrons. The van der Waals surface area contributed by atoms with E-state index in [0.717, 1.165) is 50.8 Å². The molecule has 1 saturated heterocycles. The molecule has 2 rings (SSSR count). The summed E-state index contributed by atoms with van der Waals surface area (Å²) in [6.07, 6.45) is 3.62. The van der Waals surface area contributed by atoms with Gasteiger partial charge in [-0.25, -0.2) is 0 Å². The maximum Gasteiger partial charge on any atom is 0.191 e. The van der Waals surface area contributed by atoms with Gasteiger partial charge in [-0.15, -0.1) is 0 Å². The van der Waals surface area contributed by atoms with E-state index in [1.165, 1.54) is 25.1 Å². The summed E-state index contributed by atoms with van der Waals surface area (Å²) in [5.41, 5.74) is 2.32. The highest BCUT2D eigenvalue weighted by atomic mass is 15.3. The number of likely N-dealkylation sites (N-methyl/N-ethyl adjacent to an activating group) is 1. The zero-order chi connectivity index (χ0) is 17.4. The van der Waals surface area contributed by atoms with E-state index in [4.69, 9.17) is 4.99 Å². The van der Waals surface area contributed by atoms with Crippen molar-refractivity contribution in [3.05, 3.63) is 17.5 Å². The smallest absolute Gasteiger partial charge is 0.191 e. The second kappa shape index (κ2) is 9.67. The number of aryl methyl sites for hydroxylation is 3. The Hall–Kier alpha value is -1.56. The number of likely N-dealkylation sites (tertiary alicyclic amines) is 1. The fraction of sp³-hybridized carbons (Fsp3) is 0.778. The maximum absolute atomic E-state index is 4.79. The van der Waals surface area contributed by atoms with Crippen LogP contribution < -0.4 is 10.6 Å². The fourth-order valence-corrected chi connectivity index (χ4v) is 3.39. The molecule has 1 aliphatic rings. The summed E-state index contributed by atoms with van der Waals surface area (Å²) in [5.74, 6) is 0.939. The largest absolute Gasteiger partial charge is 0.357 e. The highest BCUT2D eigenvalue weighted by molar-refractivity contribution is 5.79. The van der Waals surface area contributed by atoms with Crippen LogP contribution in [0.4, 0.5) is 0 Å². The number of nitrogens with one attached hydrogen (secondary N) is 2. The Bertz CT molecular complexity index is 522. The summed E-state index contributed by atoms with van der Waals surface area (Å²) in [7, 11) is 0. The Kier molecular flexibility index (Phi) is 7.56. The van der Waals surface area contributed by atoms with E-state index in [2.05, 4.69) is 52.2 Å². The molecular formula is C18H34N6. The van der Waals surface area contributed by atoms with E-state index in [-0.39, 0.29) is 0 Å². The summed E-state index contributed by atoms with van der Waals surface area (Å²) in [5, 5.41) is 11.3. The molecule has 1 fully saturated rings. The molecule has 0 aromatic carbocycles. The third-order valence-electron chi connectivity index (χ3n) is 4.65. The molecule has 0 saturated carbocycles. The van der Waals surface area contributed by atoms with Gasteiger partial charge in [0.05, 0.1) is 12.2 Å². The number of aromatic nitrogens is 2. The molecule has 0 amide bonds. The van der Waals surface area contributed by atoms with E-state index in [1.54, 1.807) is 0 Å². The summed E-state index contributed by atoms with van der Waals surface area (Å²) in [6, 6.07) is 2.74. The Morgan fingerprint density at radius 3 is 2.83 bits per heavy atom. The minimum absolute atomic E-state index is 0.611. The average Bonchev–Trinajstić information content (AvgIpc) is 3.14. The predicted molar refractivity (Wildman–Crippen MR) is 101 cm³/mol. The van der Waals surface area contributed by atoms with Crippen molar-refractivity contribution in [2.45, 2.75) is 59.5 Å². The topological polar surface area (TPSA) is 57.5 Å². The highest BCUT2D eigenvalue weighted by Gasteiger charge is 2.22. The van der Waals surface area contributed by atoms with Crippen molar-refractivity contribution in [3.63, 3.8) is 0 Å². The van der Waals surface area contributed by atoms with Crippen LogP contribution in [-0.4, -0.2) is 59.4 Å². The molecule has 1 aliphatic heterocycles. The number of hydrogen-bond acceptors (Lipinski definition) is 3. The summed E-state index contributed by atoms with van der Waals surface area (Å²) in [6.45, 7) is 14.5. The first-order valence-electron chi connectivity index (χ1n) is 9.41. The van der Waals surface area contributed by atoms with Gasteiger partial charge in [0.25, 0.3) is 0 Å². The highest BCUT2D eigenvalue weighted by Crippen LogP contribution is 2.16. The van der Waals surface area contributed by atoms with Crippen LogP contribution in [0.25, 0.3) is 0 Å². The van der Waals surface area contributed by atoms with Crippen LogP contribution in [0.2, 0.25) is 0 Å². The molecule has 0 aliphatic carbocycles. The Morgan fingerprint density at radius 2 is 2.17 bits per heavy atom. The van der Waals surface area contributed by atoms with Gasteiger partial charge in [-0.05, 0) is 59.2 Å². The summed E-state index contributed by atoms with van der Waals surface area (Å²) in [4.78, 5) is 7.33. The average molecular weight is 335 g/mol. The van der Waals surface area contributed by atoms with Crippen molar-refractivity contribution in [1.82, 2.24) is 25.3 Å². The van der Waals surface area contributed by atoms with Crippen LogP contribution in [0, 0.1) is 13.8 Å². The van der Waals surface area contributed by atoms with E-state index >= 15 is 0 Å². The van der Waals surface area contributed by atoms with Gasteiger partial charge in [-0.3, -0.25) is 14.6 Å². The number of nitrogens with zero attached hydrogens (tertiary/aromatic N) is 4. The van der Waals surface area contributed by atoms with Crippen LogP contribution in [0.3, 0.4) is 0 Å². The normalized spacial score (nSPS) is 19.0. The molecule has 1 unspecified atom stereocenters.